The maximum Gasteiger partial charge on any atom is 0.307 e. The third-order valence-electron chi connectivity index (χ3n) is 6.03. The lowest BCUT2D eigenvalue weighted by atomic mass is 9.80. The van der Waals surface area contributed by atoms with Crippen LogP contribution in [0.1, 0.15) is 31.7 Å². The van der Waals surface area contributed by atoms with E-state index in [1.807, 2.05) is 13.3 Å². The minimum atomic E-state index is -0.113. The number of likely N-dealkylation sites (tertiary alicyclic amines) is 1. The van der Waals surface area contributed by atoms with Crippen molar-refractivity contribution < 1.29 is 0 Å². The predicted octanol–water partition coefficient (Wildman–Crippen LogP) is 3.64. The van der Waals surface area contributed by atoms with E-state index in [1.165, 1.54) is 42.8 Å². The molecular formula is C21H27N3OS. The monoisotopic (exact) mass is 369 g/mol. The fourth-order valence-electron chi connectivity index (χ4n) is 4.26. The van der Waals surface area contributed by atoms with E-state index in [0.717, 1.165) is 29.6 Å². The smallest absolute Gasteiger partial charge is 0.303 e. The Kier molecular flexibility index (Phi) is 4.84. The van der Waals surface area contributed by atoms with E-state index in [2.05, 4.69) is 42.2 Å². The summed E-state index contributed by atoms with van der Waals surface area (Å²) in [4.78, 5) is 19.4. The Morgan fingerprint density at radius 3 is 2.85 bits per heavy atom. The molecular weight excluding hydrogens is 342 g/mol. The van der Waals surface area contributed by atoms with Crippen LogP contribution in [0.3, 0.4) is 0 Å². The highest BCUT2D eigenvalue weighted by atomic mass is 32.1. The molecule has 2 unspecified atom stereocenters. The molecule has 2 aliphatic heterocycles. The minimum Gasteiger partial charge on any atom is -0.303 e. The molecule has 26 heavy (non-hydrogen) atoms. The summed E-state index contributed by atoms with van der Waals surface area (Å²) in [6.07, 6.45) is 11.1. The molecule has 0 amide bonds. The second-order valence-corrected chi connectivity index (χ2v) is 8.82. The summed E-state index contributed by atoms with van der Waals surface area (Å²) in [5.41, 5.74) is 2.23. The lowest BCUT2D eigenvalue weighted by Crippen LogP contribution is -2.34. The average Bonchev–Trinajstić information content (AvgIpc) is 3.35. The molecule has 0 N–H and O–H groups in total. The number of hydrogen-bond donors (Lipinski definition) is 0. The van der Waals surface area contributed by atoms with E-state index in [-0.39, 0.29) is 10.4 Å². The first-order valence-corrected chi connectivity index (χ1v) is 10.4. The third-order valence-corrected chi connectivity index (χ3v) is 7.03. The standard InChI is InChI=1S/C21H27N3OS/c1-21(9-5-10-22-21)17(8-13-24-11-3-4-12-24)14-16-6-7-18-19(15-16)26-20(25)23(18)2/h5-7,9-10,15,17H,3-4,8,11-14H2,1-2H3. The molecule has 4 nitrogen and oxygen atoms in total. The van der Waals surface area contributed by atoms with Gasteiger partial charge in [0.2, 0.25) is 0 Å². The molecule has 2 atom stereocenters. The van der Waals surface area contributed by atoms with Crippen molar-refractivity contribution in [3.8, 4) is 0 Å². The van der Waals surface area contributed by atoms with Crippen LogP contribution in [0.4, 0.5) is 0 Å². The van der Waals surface area contributed by atoms with Gasteiger partial charge in [-0.25, -0.2) is 0 Å². The number of aliphatic imine (C=N–C) groups is 1. The van der Waals surface area contributed by atoms with Crippen molar-refractivity contribution in [1.29, 1.82) is 0 Å². The highest BCUT2D eigenvalue weighted by Crippen LogP contribution is 2.33. The van der Waals surface area contributed by atoms with Crippen LogP contribution in [0.5, 0.6) is 0 Å². The molecule has 4 rings (SSSR count). The minimum absolute atomic E-state index is 0.109. The number of hydrogen-bond acceptors (Lipinski definition) is 4. The first kappa shape index (κ1) is 17.7. The van der Waals surface area contributed by atoms with Crippen LogP contribution >= 0.6 is 11.3 Å². The molecule has 1 saturated heterocycles. The van der Waals surface area contributed by atoms with Gasteiger partial charge >= 0.3 is 4.87 Å². The van der Waals surface area contributed by atoms with Crippen LogP contribution in [-0.2, 0) is 13.5 Å². The Morgan fingerprint density at radius 1 is 1.31 bits per heavy atom. The van der Waals surface area contributed by atoms with Crippen LogP contribution in [0.15, 0.2) is 40.1 Å². The molecule has 2 aromatic rings. The number of rotatable bonds is 6. The summed E-state index contributed by atoms with van der Waals surface area (Å²) in [5, 5.41) is 0. The molecule has 3 heterocycles. The number of thiazole rings is 1. The second kappa shape index (κ2) is 7.12. The van der Waals surface area contributed by atoms with Crippen molar-refractivity contribution in [3.63, 3.8) is 0 Å². The largest absolute Gasteiger partial charge is 0.307 e. The van der Waals surface area contributed by atoms with E-state index in [1.54, 1.807) is 4.57 Å². The number of aryl methyl sites for hydroxylation is 1. The topological polar surface area (TPSA) is 37.6 Å². The SMILES string of the molecule is Cn1c(=O)sc2cc(CC(CCN3CCCC3)C3(C)C=CC=N3)ccc21. The van der Waals surface area contributed by atoms with Gasteiger partial charge in [0.05, 0.1) is 15.8 Å². The molecule has 0 radical (unpaired) electrons. The number of aromatic nitrogens is 1. The van der Waals surface area contributed by atoms with E-state index in [9.17, 15) is 4.79 Å². The molecule has 0 bridgehead atoms. The zero-order valence-corrected chi connectivity index (χ0v) is 16.5. The molecule has 1 aromatic carbocycles. The highest BCUT2D eigenvalue weighted by molar-refractivity contribution is 7.16. The first-order chi connectivity index (χ1) is 12.5. The molecule has 1 aromatic heterocycles. The van der Waals surface area contributed by atoms with Gasteiger partial charge in [0.1, 0.15) is 0 Å². The molecule has 0 aliphatic carbocycles. The Balaban J connectivity index is 1.56. The summed E-state index contributed by atoms with van der Waals surface area (Å²) in [7, 11) is 1.85. The van der Waals surface area contributed by atoms with Gasteiger partial charge in [-0.05, 0) is 81.9 Å². The Morgan fingerprint density at radius 2 is 2.12 bits per heavy atom. The fourth-order valence-corrected chi connectivity index (χ4v) is 5.20. The van der Waals surface area contributed by atoms with Crippen LogP contribution in [0.25, 0.3) is 10.2 Å². The second-order valence-electron chi connectivity index (χ2n) is 7.83. The fraction of sp³-hybridized carbons (Fsp3) is 0.524. The van der Waals surface area contributed by atoms with Crippen LogP contribution in [0, 0.1) is 5.92 Å². The van der Waals surface area contributed by atoms with Crippen molar-refractivity contribution in [3.05, 3.63) is 45.6 Å². The number of fused-ring (bicyclic) bond motifs is 1. The van der Waals surface area contributed by atoms with Crippen LogP contribution in [0.2, 0.25) is 0 Å². The van der Waals surface area contributed by atoms with Crippen LogP contribution in [-0.4, -0.2) is 40.9 Å². The molecule has 2 aliphatic rings. The molecule has 138 valence electrons. The van der Waals surface area contributed by atoms with Gasteiger partial charge in [0, 0.05) is 13.3 Å². The lowest BCUT2D eigenvalue weighted by molar-refractivity contribution is 0.263. The molecule has 0 spiro atoms. The number of benzene rings is 1. The summed E-state index contributed by atoms with van der Waals surface area (Å²) in [5.74, 6) is 0.469. The van der Waals surface area contributed by atoms with Crippen LogP contribution < -0.4 is 4.87 Å². The van der Waals surface area contributed by atoms with Gasteiger partial charge in [0.25, 0.3) is 0 Å². The van der Waals surface area contributed by atoms with E-state index >= 15 is 0 Å². The van der Waals surface area contributed by atoms with Crippen molar-refractivity contribution >= 4 is 27.8 Å². The zero-order valence-electron chi connectivity index (χ0n) is 15.6. The number of nitrogens with zero attached hydrogens (tertiary/aromatic N) is 3. The van der Waals surface area contributed by atoms with Crippen molar-refractivity contribution in [2.75, 3.05) is 19.6 Å². The van der Waals surface area contributed by atoms with Gasteiger partial charge in [-0.2, -0.15) is 0 Å². The first-order valence-electron chi connectivity index (χ1n) is 9.59. The summed E-state index contributed by atoms with van der Waals surface area (Å²) >= 11 is 1.34. The lowest BCUT2D eigenvalue weighted by Gasteiger charge is -2.32. The van der Waals surface area contributed by atoms with Crippen molar-refractivity contribution in [2.45, 2.75) is 38.1 Å². The van der Waals surface area contributed by atoms with Gasteiger partial charge < -0.3 is 9.47 Å². The molecule has 1 fully saturated rings. The summed E-state index contributed by atoms with van der Waals surface area (Å²) < 4.78 is 2.82. The van der Waals surface area contributed by atoms with Gasteiger partial charge in [-0.15, -0.1) is 0 Å². The Hall–Kier alpha value is -1.72. The normalized spacial score (nSPS) is 24.1. The van der Waals surface area contributed by atoms with Gasteiger partial charge in [-0.3, -0.25) is 9.79 Å². The molecule has 0 saturated carbocycles. The average molecular weight is 370 g/mol. The van der Waals surface area contributed by atoms with Crippen molar-refractivity contribution in [2.24, 2.45) is 18.0 Å². The Bertz CT molecular complexity index is 890. The zero-order chi connectivity index (χ0) is 18.1. The third kappa shape index (κ3) is 3.42. The highest BCUT2D eigenvalue weighted by Gasteiger charge is 2.33. The van der Waals surface area contributed by atoms with Gasteiger partial charge in [0.15, 0.2) is 0 Å². The summed E-state index contributed by atoms with van der Waals surface area (Å²) in [6.45, 7) is 5.89. The van der Waals surface area contributed by atoms with E-state index < -0.39 is 0 Å². The van der Waals surface area contributed by atoms with E-state index in [0.29, 0.717) is 5.92 Å². The predicted molar refractivity (Wildman–Crippen MR) is 111 cm³/mol. The molecule has 5 heteroatoms. The van der Waals surface area contributed by atoms with E-state index in [4.69, 9.17) is 4.99 Å². The maximum absolute atomic E-state index is 11.9. The quantitative estimate of drug-likeness (QED) is 0.779. The summed E-state index contributed by atoms with van der Waals surface area (Å²) in [6, 6.07) is 6.48. The van der Waals surface area contributed by atoms with Crippen molar-refractivity contribution in [1.82, 2.24) is 9.47 Å². The Labute approximate surface area is 158 Å². The number of allylic oxidation sites excluding steroid dienone is 1. The maximum atomic E-state index is 11.9. The van der Waals surface area contributed by atoms with Gasteiger partial charge in [-0.1, -0.05) is 23.5 Å².